The zero-order valence-corrected chi connectivity index (χ0v) is 21.7. The molecule has 0 saturated carbocycles. The van der Waals surface area contributed by atoms with Gasteiger partial charge in [-0.2, -0.15) is 0 Å². The summed E-state index contributed by atoms with van der Waals surface area (Å²) < 4.78 is 16.6. The summed E-state index contributed by atoms with van der Waals surface area (Å²) in [5, 5.41) is 19.6. The summed E-state index contributed by atoms with van der Waals surface area (Å²) in [6.45, 7) is 6.68. The molecule has 0 saturated heterocycles. The maximum Gasteiger partial charge on any atom is 0.335 e. The fourth-order valence-electron chi connectivity index (χ4n) is 3.64. The second kappa shape index (κ2) is 13.3. The molecule has 8 nitrogen and oxygen atoms in total. The van der Waals surface area contributed by atoms with Gasteiger partial charge in [0.2, 0.25) is 0 Å². The van der Waals surface area contributed by atoms with Crippen LogP contribution in [0.15, 0.2) is 60.7 Å². The van der Waals surface area contributed by atoms with Crippen LogP contribution in [-0.2, 0) is 22.6 Å². The van der Waals surface area contributed by atoms with E-state index in [1.807, 2.05) is 13.8 Å². The average Bonchev–Trinajstić information content (AvgIpc) is 2.89. The molecule has 0 heterocycles. The van der Waals surface area contributed by atoms with Crippen molar-refractivity contribution in [2.75, 3.05) is 13.2 Å². The van der Waals surface area contributed by atoms with Gasteiger partial charge in [-0.05, 0) is 72.9 Å². The Hall–Kier alpha value is -4.33. The van der Waals surface area contributed by atoms with Gasteiger partial charge in [-0.3, -0.25) is 9.59 Å². The first kappa shape index (κ1) is 28.2. The highest BCUT2D eigenvalue weighted by Crippen LogP contribution is 2.29. The number of benzene rings is 3. The third kappa shape index (κ3) is 7.83. The smallest absolute Gasteiger partial charge is 0.335 e. The average molecular weight is 521 g/mol. The van der Waals surface area contributed by atoms with E-state index in [4.69, 9.17) is 19.3 Å². The van der Waals surface area contributed by atoms with Crippen molar-refractivity contribution in [3.63, 3.8) is 0 Å². The minimum Gasteiger partial charge on any atom is -0.507 e. The number of aromatic carboxylic acids is 1. The van der Waals surface area contributed by atoms with Crippen LogP contribution in [0, 0.1) is 5.92 Å². The first-order chi connectivity index (χ1) is 18.2. The summed E-state index contributed by atoms with van der Waals surface area (Å²) in [6, 6.07) is 15.8. The minimum absolute atomic E-state index is 0.0995. The number of hydrogen-bond donors (Lipinski definition) is 2. The van der Waals surface area contributed by atoms with Crippen molar-refractivity contribution in [1.29, 1.82) is 0 Å². The van der Waals surface area contributed by atoms with Gasteiger partial charge < -0.3 is 24.4 Å². The van der Waals surface area contributed by atoms with Crippen molar-refractivity contribution in [2.45, 2.75) is 40.2 Å². The van der Waals surface area contributed by atoms with Crippen LogP contribution in [0.25, 0.3) is 0 Å². The number of hydrogen-bond acceptors (Lipinski definition) is 7. The monoisotopic (exact) mass is 520 g/mol. The van der Waals surface area contributed by atoms with Crippen molar-refractivity contribution in [3.05, 3.63) is 88.5 Å². The maximum absolute atomic E-state index is 13.2. The number of aromatic hydroxyl groups is 1. The van der Waals surface area contributed by atoms with E-state index >= 15 is 0 Å². The van der Waals surface area contributed by atoms with Crippen LogP contribution in [0.2, 0.25) is 0 Å². The molecular weight excluding hydrogens is 488 g/mol. The topological polar surface area (TPSA) is 119 Å². The number of phenolic OH excluding ortho intramolecular Hbond substituents is 1. The molecule has 0 aromatic heterocycles. The van der Waals surface area contributed by atoms with Crippen molar-refractivity contribution in [2.24, 2.45) is 5.92 Å². The highest BCUT2D eigenvalue weighted by atomic mass is 16.5. The molecule has 3 aromatic carbocycles. The van der Waals surface area contributed by atoms with E-state index in [1.54, 1.807) is 43.3 Å². The number of ketones is 1. The van der Waals surface area contributed by atoms with E-state index in [0.29, 0.717) is 35.2 Å². The molecule has 8 heteroatoms. The number of carbonyl (C=O) groups is 3. The number of carboxylic acids is 1. The van der Waals surface area contributed by atoms with Gasteiger partial charge in [0.15, 0.2) is 5.78 Å². The Labute approximate surface area is 221 Å². The number of esters is 1. The second-order valence-electron chi connectivity index (χ2n) is 9.13. The Kier molecular flexibility index (Phi) is 9.87. The molecule has 3 aromatic rings. The molecule has 200 valence electrons. The first-order valence-electron chi connectivity index (χ1n) is 12.4. The van der Waals surface area contributed by atoms with Crippen molar-refractivity contribution in [1.82, 2.24) is 0 Å². The standard InChI is InChI=1S/C30H32O8/c1-4-36-28(32)14-10-22-15-23(29(33)25-12-11-24(16-26(25)31)37-17-19(2)3)9-13-27(22)38-18-20-5-7-21(8-6-20)30(34)35/h5-9,11-13,15-16,19,31H,4,10,14,17-18H2,1-3H3,(H,34,35). The molecule has 0 atom stereocenters. The lowest BCUT2D eigenvalue weighted by molar-refractivity contribution is -0.143. The number of rotatable bonds is 13. The Morgan fingerprint density at radius 1 is 0.895 bits per heavy atom. The van der Waals surface area contributed by atoms with Gasteiger partial charge in [0.1, 0.15) is 23.9 Å². The maximum atomic E-state index is 13.2. The van der Waals surface area contributed by atoms with Crippen LogP contribution in [-0.4, -0.2) is 41.1 Å². The molecule has 0 unspecified atom stereocenters. The van der Waals surface area contributed by atoms with Crippen molar-refractivity contribution in [3.8, 4) is 17.2 Å². The molecular formula is C30H32O8. The molecule has 3 rings (SSSR count). The fraction of sp³-hybridized carbons (Fsp3) is 0.300. The van der Waals surface area contributed by atoms with Crippen LogP contribution in [0.1, 0.15) is 64.6 Å². The number of carboxylic acid groups (broad SMARTS) is 1. The molecule has 0 spiro atoms. The summed E-state index contributed by atoms with van der Waals surface area (Å²) in [4.78, 5) is 36.3. The first-order valence-corrected chi connectivity index (χ1v) is 12.4. The van der Waals surface area contributed by atoms with Gasteiger partial charge in [-0.1, -0.05) is 26.0 Å². The molecule has 2 N–H and O–H groups in total. The predicted molar refractivity (Wildman–Crippen MR) is 141 cm³/mol. The van der Waals surface area contributed by atoms with Gasteiger partial charge in [-0.25, -0.2) is 4.79 Å². The Balaban J connectivity index is 1.82. The second-order valence-corrected chi connectivity index (χ2v) is 9.13. The van der Waals surface area contributed by atoms with Crippen LogP contribution in [0.3, 0.4) is 0 Å². The lowest BCUT2D eigenvalue weighted by Gasteiger charge is -2.14. The Morgan fingerprint density at radius 3 is 2.24 bits per heavy atom. The SMILES string of the molecule is CCOC(=O)CCc1cc(C(=O)c2ccc(OCC(C)C)cc2O)ccc1OCc1ccc(C(=O)O)cc1. The van der Waals surface area contributed by atoms with Crippen molar-refractivity contribution < 1.29 is 38.8 Å². The summed E-state index contributed by atoms with van der Waals surface area (Å²) in [5.41, 5.74) is 2.02. The van der Waals surface area contributed by atoms with Gasteiger partial charge in [0.25, 0.3) is 0 Å². The highest BCUT2D eigenvalue weighted by molar-refractivity contribution is 6.11. The Bertz CT molecular complexity index is 1280. The largest absolute Gasteiger partial charge is 0.507 e. The van der Waals surface area contributed by atoms with Gasteiger partial charge >= 0.3 is 11.9 Å². The number of aryl methyl sites for hydroxylation is 1. The lowest BCUT2D eigenvalue weighted by Crippen LogP contribution is -2.08. The zero-order valence-electron chi connectivity index (χ0n) is 21.7. The predicted octanol–water partition coefficient (Wildman–Crippen LogP) is 5.43. The number of carbonyl (C=O) groups excluding carboxylic acids is 2. The van der Waals surface area contributed by atoms with Gasteiger partial charge in [0, 0.05) is 18.1 Å². The molecule has 0 aliphatic carbocycles. The van der Waals surface area contributed by atoms with Crippen LogP contribution in [0.4, 0.5) is 0 Å². The van der Waals surface area contributed by atoms with E-state index in [0.717, 1.165) is 5.56 Å². The van der Waals surface area contributed by atoms with E-state index in [1.165, 1.54) is 24.3 Å². The Morgan fingerprint density at radius 2 is 1.61 bits per heavy atom. The number of ether oxygens (including phenoxy) is 3. The summed E-state index contributed by atoms with van der Waals surface area (Å²) in [7, 11) is 0. The van der Waals surface area contributed by atoms with Crippen molar-refractivity contribution >= 4 is 17.7 Å². The normalized spacial score (nSPS) is 10.7. The third-order valence-electron chi connectivity index (χ3n) is 5.62. The van der Waals surface area contributed by atoms with Gasteiger partial charge in [-0.15, -0.1) is 0 Å². The minimum atomic E-state index is -1.01. The molecule has 0 radical (unpaired) electrons. The van der Waals surface area contributed by atoms with E-state index < -0.39 is 5.97 Å². The van der Waals surface area contributed by atoms with Gasteiger partial charge in [0.05, 0.1) is 24.3 Å². The summed E-state index contributed by atoms with van der Waals surface area (Å²) >= 11 is 0. The quantitative estimate of drug-likeness (QED) is 0.226. The van der Waals surface area contributed by atoms with E-state index in [9.17, 15) is 19.5 Å². The molecule has 0 aliphatic heterocycles. The van der Waals surface area contributed by atoms with Crippen LogP contribution >= 0.6 is 0 Å². The van der Waals surface area contributed by atoms with E-state index in [-0.39, 0.29) is 54.7 Å². The summed E-state index contributed by atoms with van der Waals surface area (Å²) in [5.74, 6) is -0.675. The zero-order chi connectivity index (χ0) is 27.7. The summed E-state index contributed by atoms with van der Waals surface area (Å²) in [6.07, 6.45) is 0.378. The number of phenols is 1. The lowest BCUT2D eigenvalue weighted by atomic mass is 9.98. The third-order valence-corrected chi connectivity index (χ3v) is 5.62. The van der Waals surface area contributed by atoms with Crippen LogP contribution < -0.4 is 9.47 Å². The molecule has 0 amide bonds. The highest BCUT2D eigenvalue weighted by Gasteiger charge is 2.18. The molecule has 0 aliphatic rings. The van der Waals surface area contributed by atoms with E-state index in [2.05, 4.69) is 0 Å². The van der Waals surface area contributed by atoms with Crippen LogP contribution in [0.5, 0.6) is 17.2 Å². The molecule has 0 fully saturated rings. The molecule has 0 bridgehead atoms. The molecule has 38 heavy (non-hydrogen) atoms. The fourth-order valence-corrected chi connectivity index (χ4v) is 3.64.